The summed E-state index contributed by atoms with van der Waals surface area (Å²) in [5.74, 6) is 0.496. The predicted molar refractivity (Wildman–Crippen MR) is 48.3 cm³/mol. The Balaban J connectivity index is 2.61. The standard InChI is InChI=1S/C8H13ClN2O/c1-7(12-2)5-11-6-10-4-8(11)3-9/h4,6-7H,3,5H2,1-2H3. The number of halogens is 1. The third kappa shape index (κ3) is 2.22. The number of imidazole rings is 1. The Kier molecular flexibility index (Phi) is 3.56. The molecule has 1 heterocycles. The molecule has 0 aliphatic heterocycles. The molecular formula is C8H13ClN2O. The van der Waals surface area contributed by atoms with Crippen LogP contribution in [0.5, 0.6) is 0 Å². The molecule has 0 N–H and O–H groups in total. The van der Waals surface area contributed by atoms with Gasteiger partial charge in [-0.05, 0) is 6.92 Å². The minimum Gasteiger partial charge on any atom is -0.380 e. The molecule has 3 nitrogen and oxygen atoms in total. The molecule has 68 valence electrons. The summed E-state index contributed by atoms with van der Waals surface area (Å²) < 4.78 is 7.13. The molecule has 1 rings (SSSR count). The van der Waals surface area contributed by atoms with E-state index in [1.807, 2.05) is 11.5 Å². The molecule has 0 saturated carbocycles. The first-order chi connectivity index (χ1) is 5.77. The SMILES string of the molecule is COC(C)Cn1cncc1CCl. The van der Waals surface area contributed by atoms with Crippen LogP contribution in [0.2, 0.25) is 0 Å². The van der Waals surface area contributed by atoms with Crippen molar-refractivity contribution in [3.05, 3.63) is 18.2 Å². The van der Waals surface area contributed by atoms with Crippen LogP contribution in [0.4, 0.5) is 0 Å². The van der Waals surface area contributed by atoms with Crippen LogP contribution in [-0.2, 0) is 17.2 Å². The fourth-order valence-electron chi connectivity index (χ4n) is 0.975. The van der Waals surface area contributed by atoms with Gasteiger partial charge in [-0.3, -0.25) is 0 Å². The maximum Gasteiger partial charge on any atom is 0.0949 e. The second kappa shape index (κ2) is 4.48. The van der Waals surface area contributed by atoms with Gasteiger partial charge in [0.1, 0.15) is 0 Å². The van der Waals surface area contributed by atoms with E-state index >= 15 is 0 Å². The molecule has 1 unspecified atom stereocenters. The normalized spacial score (nSPS) is 13.2. The molecular weight excluding hydrogens is 176 g/mol. The number of rotatable bonds is 4. The van der Waals surface area contributed by atoms with E-state index < -0.39 is 0 Å². The van der Waals surface area contributed by atoms with E-state index in [2.05, 4.69) is 4.98 Å². The van der Waals surface area contributed by atoms with Crippen LogP contribution in [0, 0.1) is 0 Å². The first-order valence-corrected chi connectivity index (χ1v) is 4.39. The van der Waals surface area contributed by atoms with Gasteiger partial charge in [0.05, 0.1) is 24.0 Å². The molecule has 12 heavy (non-hydrogen) atoms. The second-order valence-corrected chi connectivity index (χ2v) is 2.98. The number of nitrogens with zero attached hydrogens (tertiary/aromatic N) is 2. The Labute approximate surface area is 77.3 Å². The predicted octanol–water partition coefficient (Wildman–Crippen LogP) is 1.66. The van der Waals surface area contributed by atoms with Crippen molar-refractivity contribution in [2.24, 2.45) is 0 Å². The van der Waals surface area contributed by atoms with E-state index in [1.54, 1.807) is 19.6 Å². The Morgan fingerprint density at radius 2 is 2.50 bits per heavy atom. The fourth-order valence-corrected chi connectivity index (χ4v) is 1.20. The molecule has 1 aromatic rings. The summed E-state index contributed by atoms with van der Waals surface area (Å²) in [4.78, 5) is 4.00. The summed E-state index contributed by atoms with van der Waals surface area (Å²) in [5, 5.41) is 0. The average molecular weight is 189 g/mol. The van der Waals surface area contributed by atoms with E-state index in [9.17, 15) is 0 Å². The van der Waals surface area contributed by atoms with Crippen molar-refractivity contribution in [3.63, 3.8) is 0 Å². The van der Waals surface area contributed by atoms with Crippen molar-refractivity contribution < 1.29 is 4.74 Å². The summed E-state index contributed by atoms with van der Waals surface area (Å²) in [6.07, 6.45) is 3.74. The zero-order chi connectivity index (χ0) is 8.97. The molecule has 1 aromatic heterocycles. The minimum absolute atomic E-state index is 0.196. The zero-order valence-electron chi connectivity index (χ0n) is 7.33. The van der Waals surface area contributed by atoms with Crippen LogP contribution < -0.4 is 0 Å². The summed E-state index contributed by atoms with van der Waals surface area (Å²) >= 11 is 5.70. The largest absolute Gasteiger partial charge is 0.380 e. The summed E-state index contributed by atoms with van der Waals surface area (Å²) in [6, 6.07) is 0. The van der Waals surface area contributed by atoms with Crippen LogP contribution in [0.3, 0.4) is 0 Å². The first kappa shape index (κ1) is 9.55. The van der Waals surface area contributed by atoms with E-state index in [-0.39, 0.29) is 6.10 Å². The van der Waals surface area contributed by atoms with Gasteiger partial charge in [0, 0.05) is 19.9 Å². The Bertz CT molecular complexity index is 237. The fraction of sp³-hybridized carbons (Fsp3) is 0.625. The Hall–Kier alpha value is -0.540. The molecule has 0 amide bonds. The lowest BCUT2D eigenvalue weighted by atomic mass is 10.4. The molecule has 0 radical (unpaired) electrons. The van der Waals surface area contributed by atoms with E-state index in [1.165, 1.54) is 0 Å². The molecule has 0 bridgehead atoms. The van der Waals surface area contributed by atoms with Crippen LogP contribution in [0.15, 0.2) is 12.5 Å². The van der Waals surface area contributed by atoms with Crippen molar-refractivity contribution >= 4 is 11.6 Å². The van der Waals surface area contributed by atoms with Gasteiger partial charge in [0.25, 0.3) is 0 Å². The minimum atomic E-state index is 0.196. The van der Waals surface area contributed by atoms with Gasteiger partial charge >= 0.3 is 0 Å². The van der Waals surface area contributed by atoms with Crippen LogP contribution in [0.1, 0.15) is 12.6 Å². The highest BCUT2D eigenvalue weighted by Crippen LogP contribution is 2.05. The molecule has 0 aliphatic carbocycles. The first-order valence-electron chi connectivity index (χ1n) is 3.85. The summed E-state index contributed by atoms with van der Waals surface area (Å²) in [7, 11) is 1.70. The van der Waals surface area contributed by atoms with E-state index in [4.69, 9.17) is 16.3 Å². The third-order valence-electron chi connectivity index (χ3n) is 1.79. The van der Waals surface area contributed by atoms with E-state index in [0.717, 1.165) is 12.2 Å². The van der Waals surface area contributed by atoms with Gasteiger partial charge in [-0.15, -0.1) is 11.6 Å². The van der Waals surface area contributed by atoms with Gasteiger partial charge in [-0.25, -0.2) is 4.98 Å². The van der Waals surface area contributed by atoms with Gasteiger partial charge in [0.15, 0.2) is 0 Å². The molecule has 0 spiro atoms. The monoisotopic (exact) mass is 188 g/mol. The molecule has 0 fully saturated rings. The molecule has 0 aliphatic rings. The van der Waals surface area contributed by atoms with Crippen LogP contribution in [-0.4, -0.2) is 22.8 Å². The quantitative estimate of drug-likeness (QED) is 0.672. The van der Waals surface area contributed by atoms with Crippen molar-refractivity contribution in [1.29, 1.82) is 0 Å². The van der Waals surface area contributed by atoms with Gasteiger partial charge in [-0.2, -0.15) is 0 Å². The number of aromatic nitrogens is 2. The number of hydrogen-bond donors (Lipinski definition) is 0. The van der Waals surface area contributed by atoms with Gasteiger partial charge in [-0.1, -0.05) is 0 Å². The van der Waals surface area contributed by atoms with Gasteiger partial charge in [0.2, 0.25) is 0 Å². The van der Waals surface area contributed by atoms with Crippen LogP contribution >= 0.6 is 11.6 Å². The van der Waals surface area contributed by atoms with Crippen molar-refractivity contribution in [2.75, 3.05) is 7.11 Å². The Morgan fingerprint density at radius 3 is 3.08 bits per heavy atom. The third-order valence-corrected chi connectivity index (χ3v) is 2.07. The number of ether oxygens (including phenoxy) is 1. The number of hydrogen-bond acceptors (Lipinski definition) is 2. The zero-order valence-corrected chi connectivity index (χ0v) is 8.08. The van der Waals surface area contributed by atoms with Crippen molar-refractivity contribution in [2.45, 2.75) is 25.5 Å². The van der Waals surface area contributed by atoms with Gasteiger partial charge < -0.3 is 9.30 Å². The highest BCUT2D eigenvalue weighted by atomic mass is 35.5. The Morgan fingerprint density at radius 1 is 1.75 bits per heavy atom. The second-order valence-electron chi connectivity index (χ2n) is 2.72. The molecule has 4 heteroatoms. The topological polar surface area (TPSA) is 27.1 Å². The number of methoxy groups -OCH3 is 1. The highest BCUT2D eigenvalue weighted by molar-refractivity contribution is 6.16. The molecule has 0 aromatic carbocycles. The lowest BCUT2D eigenvalue weighted by Crippen LogP contribution is -2.15. The maximum atomic E-state index is 5.70. The highest BCUT2D eigenvalue weighted by Gasteiger charge is 2.04. The number of alkyl halides is 1. The lowest BCUT2D eigenvalue weighted by molar-refractivity contribution is 0.103. The van der Waals surface area contributed by atoms with Crippen LogP contribution in [0.25, 0.3) is 0 Å². The van der Waals surface area contributed by atoms with E-state index in [0.29, 0.717) is 5.88 Å². The lowest BCUT2D eigenvalue weighted by Gasteiger charge is -2.11. The molecule has 1 atom stereocenters. The summed E-state index contributed by atoms with van der Waals surface area (Å²) in [6.45, 7) is 2.82. The maximum absolute atomic E-state index is 5.70. The average Bonchev–Trinajstić information content (AvgIpc) is 2.51. The van der Waals surface area contributed by atoms with Crippen molar-refractivity contribution in [3.8, 4) is 0 Å². The van der Waals surface area contributed by atoms with Crippen molar-refractivity contribution in [1.82, 2.24) is 9.55 Å². The summed E-state index contributed by atoms with van der Waals surface area (Å²) in [5.41, 5.74) is 1.03. The smallest absolute Gasteiger partial charge is 0.0949 e. The molecule has 0 saturated heterocycles.